The third-order valence-corrected chi connectivity index (χ3v) is 5.87. The summed E-state index contributed by atoms with van der Waals surface area (Å²) in [6.07, 6.45) is 23.6. The number of hydrogen-bond donors (Lipinski definition) is 1. The monoisotopic (exact) mass is 384 g/mol. The van der Waals surface area contributed by atoms with Crippen molar-refractivity contribution in [2.45, 2.75) is 122 Å². The van der Waals surface area contributed by atoms with Gasteiger partial charge in [0.25, 0.3) is 0 Å². The Labute approximate surface area is 169 Å². The van der Waals surface area contributed by atoms with E-state index in [4.69, 9.17) is 14.6 Å². The van der Waals surface area contributed by atoms with Gasteiger partial charge in [-0.05, 0) is 12.8 Å². The van der Waals surface area contributed by atoms with Gasteiger partial charge in [-0.25, -0.2) is 0 Å². The van der Waals surface area contributed by atoms with E-state index in [1.807, 2.05) is 0 Å². The minimum atomic E-state index is 0.211. The molecule has 162 valence electrons. The molecule has 0 unspecified atom stereocenters. The molecule has 1 aliphatic rings. The number of rotatable bonds is 20. The summed E-state index contributed by atoms with van der Waals surface area (Å²) in [5.74, 6) is 0.328. The summed E-state index contributed by atoms with van der Waals surface area (Å²) >= 11 is 0. The molecule has 0 aromatic heterocycles. The van der Waals surface area contributed by atoms with Crippen molar-refractivity contribution in [3.05, 3.63) is 0 Å². The SMILES string of the molecule is CCCCCCCCCCCCCCCCCCOC[C@H]1C[C@H](CO)CO1. The first-order valence-electron chi connectivity index (χ1n) is 12.2. The molecular weight excluding hydrogens is 336 g/mol. The van der Waals surface area contributed by atoms with E-state index in [0.717, 1.165) is 13.0 Å². The summed E-state index contributed by atoms with van der Waals surface area (Å²) in [5, 5.41) is 9.09. The lowest BCUT2D eigenvalue weighted by atomic mass is 10.0. The van der Waals surface area contributed by atoms with E-state index < -0.39 is 0 Å². The van der Waals surface area contributed by atoms with Crippen LogP contribution in [0.5, 0.6) is 0 Å². The standard InChI is InChI=1S/C24H48O3/c1-2-3-4-5-6-7-8-9-10-11-12-13-14-15-16-17-18-26-22-24-19-23(20-25)21-27-24/h23-25H,2-22H2,1H3/t23-,24-/m1/s1. The number of aliphatic hydroxyl groups excluding tert-OH is 1. The third-order valence-electron chi connectivity index (χ3n) is 5.87. The molecule has 2 atom stereocenters. The van der Waals surface area contributed by atoms with Crippen molar-refractivity contribution in [2.75, 3.05) is 26.4 Å². The Morgan fingerprint density at radius 1 is 0.741 bits per heavy atom. The molecular formula is C24H48O3. The van der Waals surface area contributed by atoms with Crippen molar-refractivity contribution in [3.8, 4) is 0 Å². The van der Waals surface area contributed by atoms with Gasteiger partial charge in [0.1, 0.15) is 0 Å². The Morgan fingerprint density at radius 3 is 1.67 bits per heavy atom. The van der Waals surface area contributed by atoms with Crippen molar-refractivity contribution in [3.63, 3.8) is 0 Å². The highest BCUT2D eigenvalue weighted by Crippen LogP contribution is 2.19. The quantitative estimate of drug-likeness (QED) is 0.238. The van der Waals surface area contributed by atoms with Gasteiger partial charge >= 0.3 is 0 Å². The maximum atomic E-state index is 9.09. The van der Waals surface area contributed by atoms with Crippen LogP contribution in [0, 0.1) is 5.92 Å². The number of ether oxygens (including phenoxy) is 2. The first-order chi connectivity index (χ1) is 13.4. The fraction of sp³-hybridized carbons (Fsp3) is 1.00. The average Bonchev–Trinajstić information content (AvgIpc) is 3.15. The number of unbranched alkanes of at least 4 members (excludes halogenated alkanes) is 15. The number of aliphatic hydroxyl groups is 1. The van der Waals surface area contributed by atoms with Crippen molar-refractivity contribution >= 4 is 0 Å². The molecule has 0 aromatic rings. The lowest BCUT2D eigenvalue weighted by molar-refractivity contribution is 0.0149. The molecule has 1 N–H and O–H groups in total. The van der Waals surface area contributed by atoms with Crippen LogP contribution in [0.2, 0.25) is 0 Å². The van der Waals surface area contributed by atoms with Gasteiger partial charge in [0.2, 0.25) is 0 Å². The Hall–Kier alpha value is -0.120. The van der Waals surface area contributed by atoms with Gasteiger partial charge in [-0.3, -0.25) is 0 Å². The molecule has 0 bridgehead atoms. The summed E-state index contributed by atoms with van der Waals surface area (Å²) in [4.78, 5) is 0. The van der Waals surface area contributed by atoms with Crippen LogP contribution in [0.25, 0.3) is 0 Å². The van der Waals surface area contributed by atoms with Gasteiger partial charge < -0.3 is 14.6 Å². The highest BCUT2D eigenvalue weighted by Gasteiger charge is 2.24. The molecule has 1 aliphatic heterocycles. The maximum absolute atomic E-state index is 9.09. The highest BCUT2D eigenvalue weighted by atomic mass is 16.5. The summed E-state index contributed by atoms with van der Waals surface area (Å²) < 4.78 is 11.3. The molecule has 0 amide bonds. The number of hydrogen-bond acceptors (Lipinski definition) is 3. The predicted molar refractivity (Wildman–Crippen MR) is 115 cm³/mol. The molecule has 1 saturated heterocycles. The summed E-state index contributed by atoms with van der Waals surface area (Å²) in [6, 6.07) is 0. The van der Waals surface area contributed by atoms with Crippen LogP contribution >= 0.6 is 0 Å². The molecule has 0 aliphatic carbocycles. The second-order valence-electron chi connectivity index (χ2n) is 8.62. The van der Waals surface area contributed by atoms with Crippen molar-refractivity contribution in [1.82, 2.24) is 0 Å². The molecule has 0 saturated carbocycles. The van der Waals surface area contributed by atoms with E-state index in [2.05, 4.69) is 6.92 Å². The van der Waals surface area contributed by atoms with E-state index in [-0.39, 0.29) is 12.7 Å². The van der Waals surface area contributed by atoms with E-state index >= 15 is 0 Å². The topological polar surface area (TPSA) is 38.7 Å². The van der Waals surface area contributed by atoms with Crippen LogP contribution in [0.3, 0.4) is 0 Å². The second-order valence-corrected chi connectivity index (χ2v) is 8.62. The Morgan fingerprint density at radius 2 is 1.22 bits per heavy atom. The molecule has 3 nitrogen and oxygen atoms in total. The average molecular weight is 385 g/mol. The van der Waals surface area contributed by atoms with Gasteiger partial charge in [-0.15, -0.1) is 0 Å². The molecule has 3 heteroatoms. The lowest BCUT2D eigenvalue weighted by Crippen LogP contribution is -2.15. The van der Waals surface area contributed by atoms with Gasteiger partial charge in [-0.1, -0.05) is 103 Å². The van der Waals surface area contributed by atoms with Crippen LogP contribution < -0.4 is 0 Å². The summed E-state index contributed by atoms with van der Waals surface area (Å²) in [5.41, 5.74) is 0. The Bertz CT molecular complexity index is 295. The summed E-state index contributed by atoms with van der Waals surface area (Å²) in [7, 11) is 0. The molecule has 1 heterocycles. The van der Waals surface area contributed by atoms with Crippen LogP contribution in [0.15, 0.2) is 0 Å². The van der Waals surface area contributed by atoms with Crippen molar-refractivity contribution < 1.29 is 14.6 Å². The van der Waals surface area contributed by atoms with Gasteiger partial charge in [0, 0.05) is 19.1 Å². The van der Waals surface area contributed by atoms with E-state index in [9.17, 15) is 0 Å². The predicted octanol–water partition coefficient (Wildman–Crippen LogP) is 6.66. The maximum Gasteiger partial charge on any atom is 0.0813 e. The van der Waals surface area contributed by atoms with E-state index in [1.165, 1.54) is 103 Å². The zero-order chi connectivity index (χ0) is 19.4. The molecule has 1 fully saturated rings. The second kappa shape index (κ2) is 19.2. The van der Waals surface area contributed by atoms with Crippen molar-refractivity contribution in [1.29, 1.82) is 0 Å². The van der Waals surface area contributed by atoms with Gasteiger partial charge in [-0.2, -0.15) is 0 Å². The van der Waals surface area contributed by atoms with E-state index in [1.54, 1.807) is 0 Å². The first kappa shape index (κ1) is 24.9. The smallest absolute Gasteiger partial charge is 0.0813 e. The minimum absolute atomic E-state index is 0.211. The molecule has 1 rings (SSSR count). The molecule has 0 spiro atoms. The normalized spacial score (nSPS) is 19.8. The van der Waals surface area contributed by atoms with Crippen LogP contribution in [0.4, 0.5) is 0 Å². The first-order valence-corrected chi connectivity index (χ1v) is 12.2. The zero-order valence-corrected chi connectivity index (χ0v) is 18.3. The Balaban J connectivity index is 1.67. The molecule has 0 aromatic carbocycles. The van der Waals surface area contributed by atoms with Gasteiger partial charge in [0.15, 0.2) is 0 Å². The fourth-order valence-corrected chi connectivity index (χ4v) is 3.99. The Kier molecular flexibility index (Phi) is 17.7. The van der Waals surface area contributed by atoms with Crippen LogP contribution in [-0.4, -0.2) is 37.6 Å². The summed E-state index contributed by atoms with van der Waals surface area (Å²) in [6.45, 7) is 4.80. The highest BCUT2D eigenvalue weighted by molar-refractivity contribution is 4.72. The third kappa shape index (κ3) is 15.5. The minimum Gasteiger partial charge on any atom is -0.396 e. The molecule has 0 radical (unpaired) electrons. The van der Waals surface area contributed by atoms with Crippen LogP contribution in [0.1, 0.15) is 116 Å². The van der Waals surface area contributed by atoms with Crippen molar-refractivity contribution in [2.24, 2.45) is 5.92 Å². The van der Waals surface area contributed by atoms with Gasteiger partial charge in [0.05, 0.1) is 19.3 Å². The zero-order valence-electron chi connectivity index (χ0n) is 18.3. The van der Waals surface area contributed by atoms with Crippen LogP contribution in [-0.2, 0) is 9.47 Å². The van der Waals surface area contributed by atoms with E-state index in [0.29, 0.717) is 19.1 Å². The fourth-order valence-electron chi connectivity index (χ4n) is 3.99. The lowest BCUT2D eigenvalue weighted by Gasteiger charge is -2.10. The largest absolute Gasteiger partial charge is 0.396 e. The molecule has 27 heavy (non-hydrogen) atoms.